The van der Waals surface area contributed by atoms with Crippen LogP contribution in [-0.2, 0) is 11.3 Å². The van der Waals surface area contributed by atoms with E-state index < -0.39 is 0 Å². The minimum Gasteiger partial charge on any atom is -0.482 e. The van der Waals surface area contributed by atoms with Crippen LogP contribution < -0.4 is 4.74 Å². The summed E-state index contributed by atoms with van der Waals surface area (Å²) in [5.74, 6) is 0.412. The van der Waals surface area contributed by atoms with E-state index in [4.69, 9.17) is 27.9 Å². The van der Waals surface area contributed by atoms with Crippen molar-refractivity contribution in [1.29, 1.82) is 0 Å². The lowest BCUT2D eigenvalue weighted by atomic mass is 10.2. The fourth-order valence-electron chi connectivity index (χ4n) is 1.73. The number of rotatable bonds is 5. The van der Waals surface area contributed by atoms with Gasteiger partial charge in [0.2, 0.25) is 0 Å². The van der Waals surface area contributed by atoms with Gasteiger partial charge in [-0.25, -0.2) is 0 Å². The molecule has 0 radical (unpaired) electrons. The third kappa shape index (κ3) is 4.63. The Morgan fingerprint density at radius 3 is 2.71 bits per heavy atom. The van der Waals surface area contributed by atoms with Crippen molar-refractivity contribution in [3.63, 3.8) is 0 Å². The maximum absolute atomic E-state index is 12.1. The predicted molar refractivity (Wildman–Crippen MR) is 87.5 cm³/mol. The number of hydrogen-bond acceptors (Lipinski definition) is 3. The van der Waals surface area contributed by atoms with Gasteiger partial charge in [0.05, 0.1) is 15.9 Å². The lowest BCUT2D eigenvalue weighted by Gasteiger charge is -2.17. The highest BCUT2D eigenvalue weighted by Gasteiger charge is 2.12. The average molecular weight is 344 g/mol. The van der Waals surface area contributed by atoms with E-state index in [9.17, 15) is 4.79 Å². The van der Waals surface area contributed by atoms with Crippen molar-refractivity contribution < 1.29 is 9.53 Å². The van der Waals surface area contributed by atoms with Gasteiger partial charge in [0.1, 0.15) is 5.75 Å². The fraction of sp³-hybridized carbons (Fsp3) is 0.267. The smallest absolute Gasteiger partial charge is 0.260 e. The summed E-state index contributed by atoms with van der Waals surface area (Å²) in [6.07, 6.45) is 0. The fourth-order valence-corrected chi connectivity index (χ4v) is 3.04. The number of aryl methyl sites for hydroxylation is 1. The summed E-state index contributed by atoms with van der Waals surface area (Å²) < 4.78 is 6.21. The zero-order valence-corrected chi connectivity index (χ0v) is 14.1. The zero-order chi connectivity index (χ0) is 15.4. The van der Waals surface area contributed by atoms with Crippen molar-refractivity contribution >= 4 is 40.4 Å². The number of nitrogens with zero attached hydrogens (tertiary/aromatic N) is 1. The number of thiophene rings is 1. The van der Waals surface area contributed by atoms with Gasteiger partial charge in [-0.2, -0.15) is 0 Å². The zero-order valence-electron chi connectivity index (χ0n) is 11.7. The van der Waals surface area contributed by atoms with Crippen LogP contribution >= 0.6 is 34.5 Å². The van der Waals surface area contributed by atoms with Crippen LogP contribution in [0.25, 0.3) is 0 Å². The first kappa shape index (κ1) is 16.1. The van der Waals surface area contributed by atoms with Crippen LogP contribution in [0.2, 0.25) is 9.36 Å². The Morgan fingerprint density at radius 2 is 2.05 bits per heavy atom. The first-order valence-corrected chi connectivity index (χ1v) is 7.90. The summed E-state index contributed by atoms with van der Waals surface area (Å²) in [5.41, 5.74) is 1.03. The SMILES string of the molecule is Cc1ccc(Cl)c(OCC(=O)N(C)Cc2ccc(Cl)s2)c1. The molecule has 0 saturated heterocycles. The number of carbonyl (C=O) groups excluding carboxylic acids is 1. The van der Waals surface area contributed by atoms with Crippen LogP contribution in [-0.4, -0.2) is 24.5 Å². The minimum atomic E-state index is -0.114. The van der Waals surface area contributed by atoms with Gasteiger partial charge in [0, 0.05) is 11.9 Å². The molecule has 1 heterocycles. The average Bonchev–Trinajstić information content (AvgIpc) is 2.84. The molecule has 1 aromatic heterocycles. The highest BCUT2D eigenvalue weighted by Crippen LogP contribution is 2.25. The molecule has 0 saturated carbocycles. The number of likely N-dealkylation sites (N-methyl/N-ethyl adjacent to an activating group) is 1. The number of benzene rings is 1. The molecule has 0 aliphatic rings. The number of carbonyl (C=O) groups is 1. The summed E-state index contributed by atoms with van der Waals surface area (Å²) >= 11 is 13.4. The monoisotopic (exact) mass is 343 g/mol. The summed E-state index contributed by atoms with van der Waals surface area (Å²) in [5, 5.41) is 0.501. The van der Waals surface area contributed by atoms with Crippen LogP contribution in [0.3, 0.4) is 0 Å². The number of ether oxygens (including phenoxy) is 1. The maximum atomic E-state index is 12.1. The lowest BCUT2D eigenvalue weighted by molar-refractivity contribution is -0.132. The molecule has 0 unspecified atom stereocenters. The van der Waals surface area contributed by atoms with Gasteiger partial charge in [0.15, 0.2) is 6.61 Å². The molecule has 0 aliphatic carbocycles. The minimum absolute atomic E-state index is 0.0429. The number of hydrogen-bond donors (Lipinski definition) is 0. The highest BCUT2D eigenvalue weighted by atomic mass is 35.5. The molecular weight excluding hydrogens is 329 g/mol. The normalized spacial score (nSPS) is 10.5. The molecule has 0 N–H and O–H groups in total. The van der Waals surface area contributed by atoms with Gasteiger partial charge in [-0.3, -0.25) is 4.79 Å². The Bertz CT molecular complexity index is 642. The summed E-state index contributed by atoms with van der Waals surface area (Å²) in [7, 11) is 1.73. The maximum Gasteiger partial charge on any atom is 0.260 e. The molecule has 2 aromatic rings. The van der Waals surface area contributed by atoms with Crippen molar-refractivity contribution in [1.82, 2.24) is 4.90 Å². The van der Waals surface area contributed by atoms with Crippen LogP contribution in [0.5, 0.6) is 5.75 Å². The lowest BCUT2D eigenvalue weighted by Crippen LogP contribution is -2.30. The van der Waals surface area contributed by atoms with Gasteiger partial charge in [-0.15, -0.1) is 11.3 Å². The third-order valence-corrected chi connectivity index (χ3v) is 4.41. The second kappa shape index (κ2) is 7.16. The Hall–Kier alpha value is -1.23. The standard InChI is InChI=1S/C15H15Cl2NO2S/c1-10-3-5-12(16)13(7-10)20-9-15(19)18(2)8-11-4-6-14(17)21-11/h3-7H,8-9H2,1-2H3. The molecule has 112 valence electrons. The van der Waals surface area contributed by atoms with Gasteiger partial charge >= 0.3 is 0 Å². The number of amides is 1. The van der Waals surface area contributed by atoms with E-state index in [2.05, 4.69) is 0 Å². The molecule has 3 nitrogen and oxygen atoms in total. The Labute approximate surface area is 138 Å². The van der Waals surface area contributed by atoms with Gasteiger partial charge < -0.3 is 9.64 Å². The van der Waals surface area contributed by atoms with Gasteiger partial charge in [-0.1, -0.05) is 29.3 Å². The molecule has 0 aliphatic heterocycles. The molecular formula is C15H15Cl2NO2S. The van der Waals surface area contributed by atoms with Crippen molar-refractivity contribution in [3.05, 3.63) is 50.1 Å². The van der Waals surface area contributed by atoms with Crippen molar-refractivity contribution in [2.24, 2.45) is 0 Å². The largest absolute Gasteiger partial charge is 0.482 e. The summed E-state index contributed by atoms with van der Waals surface area (Å²) in [6.45, 7) is 2.41. The van der Waals surface area contributed by atoms with Crippen LogP contribution in [0, 0.1) is 6.92 Å². The predicted octanol–water partition coefficient (Wildman–Crippen LogP) is 4.40. The van der Waals surface area contributed by atoms with Crippen molar-refractivity contribution in [2.75, 3.05) is 13.7 Å². The first-order chi connectivity index (χ1) is 9.95. The molecule has 0 fully saturated rings. The van der Waals surface area contributed by atoms with Crippen LogP contribution in [0.4, 0.5) is 0 Å². The Morgan fingerprint density at radius 1 is 1.29 bits per heavy atom. The molecule has 0 atom stereocenters. The molecule has 6 heteroatoms. The van der Waals surface area contributed by atoms with E-state index in [0.717, 1.165) is 10.4 Å². The quantitative estimate of drug-likeness (QED) is 0.805. The molecule has 0 bridgehead atoms. The van der Waals surface area contributed by atoms with E-state index in [1.54, 1.807) is 18.0 Å². The third-order valence-electron chi connectivity index (χ3n) is 2.89. The molecule has 0 spiro atoms. The first-order valence-electron chi connectivity index (χ1n) is 6.33. The summed E-state index contributed by atoms with van der Waals surface area (Å²) in [6, 6.07) is 9.20. The van der Waals surface area contributed by atoms with Gasteiger partial charge in [0.25, 0.3) is 5.91 Å². The topological polar surface area (TPSA) is 29.5 Å². The van der Waals surface area contributed by atoms with Crippen molar-refractivity contribution in [3.8, 4) is 5.75 Å². The second-order valence-electron chi connectivity index (χ2n) is 4.68. The molecule has 21 heavy (non-hydrogen) atoms. The highest BCUT2D eigenvalue weighted by molar-refractivity contribution is 7.16. The molecule has 1 amide bonds. The second-order valence-corrected chi connectivity index (χ2v) is 6.89. The Kier molecular flexibility index (Phi) is 5.51. The summed E-state index contributed by atoms with van der Waals surface area (Å²) in [4.78, 5) is 14.7. The van der Waals surface area contributed by atoms with Crippen molar-refractivity contribution in [2.45, 2.75) is 13.5 Å². The van der Waals surface area contributed by atoms with E-state index in [0.29, 0.717) is 21.7 Å². The van der Waals surface area contributed by atoms with E-state index >= 15 is 0 Å². The molecule has 2 rings (SSSR count). The Balaban J connectivity index is 1.90. The van der Waals surface area contributed by atoms with E-state index in [1.165, 1.54) is 11.3 Å². The van der Waals surface area contributed by atoms with E-state index in [-0.39, 0.29) is 12.5 Å². The van der Waals surface area contributed by atoms with E-state index in [1.807, 2.05) is 31.2 Å². The number of halogens is 2. The molecule has 1 aromatic carbocycles. The van der Waals surface area contributed by atoms with Crippen LogP contribution in [0.15, 0.2) is 30.3 Å². The van der Waals surface area contributed by atoms with Crippen LogP contribution in [0.1, 0.15) is 10.4 Å². The van der Waals surface area contributed by atoms with Gasteiger partial charge in [-0.05, 0) is 36.8 Å².